The van der Waals surface area contributed by atoms with Crippen LogP contribution >= 0.6 is 11.3 Å². The van der Waals surface area contributed by atoms with Gasteiger partial charge in [0.05, 0.1) is 12.8 Å². The zero-order valence-corrected chi connectivity index (χ0v) is 15.3. The van der Waals surface area contributed by atoms with Crippen LogP contribution in [0.5, 0.6) is 5.75 Å². The fraction of sp³-hybridized carbons (Fsp3) is 0.200. The summed E-state index contributed by atoms with van der Waals surface area (Å²) in [5.41, 5.74) is 3.73. The smallest absolute Gasteiger partial charge is 0.257 e. The number of nitrogens with one attached hydrogen (secondary N) is 1. The Hall–Kier alpha value is -2.66. The number of nitrogens with zero attached hydrogens (tertiary/aromatic N) is 1. The highest BCUT2D eigenvalue weighted by atomic mass is 32.1. The lowest BCUT2D eigenvalue weighted by atomic mass is 10.1. The van der Waals surface area contributed by atoms with Crippen molar-refractivity contribution >= 4 is 22.4 Å². The van der Waals surface area contributed by atoms with Gasteiger partial charge in [0.15, 0.2) is 5.13 Å². The maximum absolute atomic E-state index is 12.4. The van der Waals surface area contributed by atoms with Crippen molar-refractivity contribution < 1.29 is 9.53 Å². The van der Waals surface area contributed by atoms with Gasteiger partial charge in [0.2, 0.25) is 0 Å². The van der Waals surface area contributed by atoms with Gasteiger partial charge in [-0.25, -0.2) is 4.98 Å². The molecule has 25 heavy (non-hydrogen) atoms. The number of benzene rings is 2. The molecule has 0 saturated carbocycles. The molecule has 0 spiro atoms. The largest absolute Gasteiger partial charge is 0.497 e. The molecule has 3 aromatic rings. The summed E-state index contributed by atoms with van der Waals surface area (Å²) in [6.45, 7) is 4.09. The molecule has 1 heterocycles. The molecular formula is C20H20N2O2S. The number of methoxy groups -OCH3 is 1. The van der Waals surface area contributed by atoms with E-state index in [1.54, 1.807) is 7.11 Å². The van der Waals surface area contributed by atoms with Crippen LogP contribution in [0, 0.1) is 6.92 Å². The third-order valence-corrected chi connectivity index (χ3v) is 4.89. The Kier molecular flexibility index (Phi) is 5.14. The van der Waals surface area contributed by atoms with E-state index in [1.165, 1.54) is 16.9 Å². The third kappa shape index (κ3) is 3.88. The van der Waals surface area contributed by atoms with Gasteiger partial charge in [-0.3, -0.25) is 10.1 Å². The number of carbonyl (C=O) groups excluding carboxylic acids is 1. The SMILES string of the molecule is CCc1ccc(C(=O)Nc2nc(-c3ccc(OC)cc3)c(C)s2)cc1. The summed E-state index contributed by atoms with van der Waals surface area (Å²) < 4.78 is 5.18. The van der Waals surface area contributed by atoms with Crippen LogP contribution in [0.2, 0.25) is 0 Å². The van der Waals surface area contributed by atoms with E-state index in [0.717, 1.165) is 28.3 Å². The summed E-state index contributed by atoms with van der Waals surface area (Å²) >= 11 is 1.48. The van der Waals surface area contributed by atoms with Crippen LogP contribution in [0.25, 0.3) is 11.3 Å². The summed E-state index contributed by atoms with van der Waals surface area (Å²) in [4.78, 5) is 18.0. The minimum absolute atomic E-state index is 0.141. The van der Waals surface area contributed by atoms with Crippen LogP contribution in [0.4, 0.5) is 5.13 Å². The average molecular weight is 352 g/mol. The topological polar surface area (TPSA) is 51.2 Å². The highest BCUT2D eigenvalue weighted by Gasteiger charge is 2.13. The van der Waals surface area contributed by atoms with E-state index < -0.39 is 0 Å². The molecule has 0 aliphatic rings. The van der Waals surface area contributed by atoms with E-state index in [1.807, 2.05) is 55.5 Å². The van der Waals surface area contributed by atoms with Gasteiger partial charge in [0.25, 0.3) is 5.91 Å². The molecule has 5 heteroatoms. The Balaban J connectivity index is 1.78. The van der Waals surface area contributed by atoms with Crippen molar-refractivity contribution in [2.45, 2.75) is 20.3 Å². The number of rotatable bonds is 5. The quantitative estimate of drug-likeness (QED) is 0.707. The molecular weight excluding hydrogens is 332 g/mol. The van der Waals surface area contributed by atoms with Crippen molar-refractivity contribution in [3.8, 4) is 17.0 Å². The summed E-state index contributed by atoms with van der Waals surface area (Å²) in [6.07, 6.45) is 0.957. The standard InChI is InChI=1S/C20H20N2O2S/c1-4-14-5-7-16(8-6-14)19(23)22-20-21-18(13(2)25-20)15-9-11-17(24-3)12-10-15/h5-12H,4H2,1-3H3,(H,21,22,23). The summed E-state index contributed by atoms with van der Waals surface area (Å²) in [6, 6.07) is 15.4. The molecule has 2 aromatic carbocycles. The number of hydrogen-bond acceptors (Lipinski definition) is 4. The lowest BCUT2D eigenvalue weighted by Crippen LogP contribution is -2.11. The molecule has 0 unspecified atom stereocenters. The first-order chi connectivity index (χ1) is 12.1. The van der Waals surface area contributed by atoms with E-state index in [4.69, 9.17) is 4.74 Å². The summed E-state index contributed by atoms with van der Waals surface area (Å²) in [5.74, 6) is 0.665. The summed E-state index contributed by atoms with van der Waals surface area (Å²) in [5, 5.41) is 3.50. The molecule has 0 aliphatic carbocycles. The van der Waals surface area contributed by atoms with E-state index in [-0.39, 0.29) is 5.91 Å². The first kappa shape index (κ1) is 17.2. The van der Waals surface area contributed by atoms with Gasteiger partial charge in [-0.1, -0.05) is 19.1 Å². The maximum Gasteiger partial charge on any atom is 0.257 e. The number of ether oxygens (including phenoxy) is 1. The van der Waals surface area contributed by atoms with Crippen molar-refractivity contribution in [2.24, 2.45) is 0 Å². The van der Waals surface area contributed by atoms with Gasteiger partial charge >= 0.3 is 0 Å². The zero-order valence-electron chi connectivity index (χ0n) is 14.5. The fourth-order valence-corrected chi connectivity index (χ4v) is 3.36. The van der Waals surface area contributed by atoms with E-state index >= 15 is 0 Å². The maximum atomic E-state index is 12.4. The minimum Gasteiger partial charge on any atom is -0.497 e. The Bertz CT molecular complexity index is 868. The molecule has 0 atom stereocenters. The molecule has 1 amide bonds. The Labute approximate surface area is 151 Å². The van der Waals surface area contributed by atoms with Gasteiger partial charge in [0.1, 0.15) is 5.75 Å². The van der Waals surface area contributed by atoms with Crippen molar-refractivity contribution in [3.63, 3.8) is 0 Å². The van der Waals surface area contributed by atoms with Crippen molar-refractivity contribution in [1.82, 2.24) is 4.98 Å². The molecule has 1 aromatic heterocycles. The first-order valence-corrected chi connectivity index (χ1v) is 8.94. The van der Waals surface area contributed by atoms with E-state index in [0.29, 0.717) is 10.7 Å². The van der Waals surface area contributed by atoms with Gasteiger partial charge in [-0.05, 0) is 55.3 Å². The third-order valence-electron chi connectivity index (χ3n) is 4.00. The van der Waals surface area contributed by atoms with Crippen LogP contribution in [0.15, 0.2) is 48.5 Å². The van der Waals surface area contributed by atoms with Gasteiger partial charge in [-0.15, -0.1) is 11.3 Å². The first-order valence-electron chi connectivity index (χ1n) is 8.13. The van der Waals surface area contributed by atoms with Crippen LogP contribution in [0.3, 0.4) is 0 Å². The lowest BCUT2D eigenvalue weighted by molar-refractivity contribution is 0.102. The summed E-state index contributed by atoms with van der Waals surface area (Å²) in [7, 11) is 1.64. The highest BCUT2D eigenvalue weighted by molar-refractivity contribution is 7.16. The predicted molar refractivity (Wildman–Crippen MR) is 103 cm³/mol. The normalized spacial score (nSPS) is 10.5. The number of amides is 1. The predicted octanol–water partition coefficient (Wildman–Crippen LogP) is 4.94. The van der Waals surface area contributed by atoms with Crippen LogP contribution in [0.1, 0.15) is 27.7 Å². The van der Waals surface area contributed by atoms with Crippen LogP contribution < -0.4 is 10.1 Å². The van der Waals surface area contributed by atoms with Crippen LogP contribution in [-0.2, 0) is 6.42 Å². The minimum atomic E-state index is -0.141. The lowest BCUT2D eigenvalue weighted by Gasteiger charge is -2.03. The number of anilines is 1. The average Bonchev–Trinajstić information content (AvgIpc) is 3.02. The second kappa shape index (κ2) is 7.49. The molecule has 0 saturated heterocycles. The molecule has 0 aliphatic heterocycles. The fourth-order valence-electron chi connectivity index (χ4n) is 2.53. The van der Waals surface area contributed by atoms with Gasteiger partial charge in [0, 0.05) is 16.0 Å². The molecule has 1 N–H and O–H groups in total. The van der Waals surface area contributed by atoms with Gasteiger partial charge < -0.3 is 4.74 Å². The number of hydrogen-bond donors (Lipinski definition) is 1. The molecule has 0 radical (unpaired) electrons. The molecule has 0 fully saturated rings. The van der Waals surface area contributed by atoms with Crippen molar-refractivity contribution in [1.29, 1.82) is 0 Å². The number of thiazole rings is 1. The zero-order chi connectivity index (χ0) is 17.8. The Morgan fingerprint density at radius 2 is 1.80 bits per heavy atom. The number of aromatic nitrogens is 1. The highest BCUT2D eigenvalue weighted by Crippen LogP contribution is 2.31. The van der Waals surface area contributed by atoms with Crippen molar-refractivity contribution in [2.75, 3.05) is 12.4 Å². The Morgan fingerprint density at radius 3 is 2.40 bits per heavy atom. The molecule has 128 valence electrons. The molecule has 0 bridgehead atoms. The number of aryl methyl sites for hydroxylation is 2. The van der Waals surface area contributed by atoms with Crippen LogP contribution in [-0.4, -0.2) is 18.0 Å². The second-order valence-electron chi connectivity index (χ2n) is 5.66. The van der Waals surface area contributed by atoms with Crippen molar-refractivity contribution in [3.05, 3.63) is 64.5 Å². The molecule has 4 nitrogen and oxygen atoms in total. The Morgan fingerprint density at radius 1 is 1.12 bits per heavy atom. The molecule has 3 rings (SSSR count). The number of carbonyl (C=O) groups is 1. The second-order valence-corrected chi connectivity index (χ2v) is 6.86. The van der Waals surface area contributed by atoms with E-state index in [2.05, 4.69) is 17.2 Å². The van der Waals surface area contributed by atoms with Gasteiger partial charge in [-0.2, -0.15) is 0 Å². The monoisotopic (exact) mass is 352 g/mol. The van der Waals surface area contributed by atoms with E-state index in [9.17, 15) is 4.79 Å².